The van der Waals surface area contributed by atoms with Crippen LogP contribution in [0.5, 0.6) is 0 Å². The summed E-state index contributed by atoms with van der Waals surface area (Å²) in [5.74, 6) is 0. The molecular formula is C12H26O4. The van der Waals surface area contributed by atoms with Gasteiger partial charge in [0.05, 0.1) is 6.10 Å². The second kappa shape index (κ2) is 8.93. The van der Waals surface area contributed by atoms with Crippen LogP contribution in [-0.2, 0) is 9.78 Å². The molecule has 0 aromatic carbocycles. The summed E-state index contributed by atoms with van der Waals surface area (Å²) in [5, 5.41) is 17.5. The summed E-state index contributed by atoms with van der Waals surface area (Å²) < 4.78 is 0. The molecule has 0 spiro atoms. The van der Waals surface area contributed by atoms with Gasteiger partial charge in [0.25, 0.3) is 0 Å². The molecule has 2 atom stereocenters. The van der Waals surface area contributed by atoms with E-state index in [1.54, 1.807) is 0 Å². The van der Waals surface area contributed by atoms with Crippen molar-refractivity contribution in [2.45, 2.75) is 77.4 Å². The molecule has 2 unspecified atom stereocenters. The Morgan fingerprint density at radius 2 is 1.81 bits per heavy atom. The van der Waals surface area contributed by atoms with E-state index in [9.17, 15) is 0 Å². The molecule has 0 radical (unpaired) electrons. The largest absolute Gasteiger partial charge is 0.252 e. The second-order valence-electron chi connectivity index (χ2n) is 4.66. The van der Waals surface area contributed by atoms with Gasteiger partial charge in [0.15, 0.2) is 0 Å². The van der Waals surface area contributed by atoms with Crippen molar-refractivity contribution in [2.24, 2.45) is 0 Å². The van der Waals surface area contributed by atoms with Crippen LogP contribution in [0.15, 0.2) is 0 Å². The monoisotopic (exact) mass is 234 g/mol. The molecule has 4 heteroatoms. The van der Waals surface area contributed by atoms with Crippen LogP contribution < -0.4 is 0 Å². The van der Waals surface area contributed by atoms with Gasteiger partial charge in [-0.1, -0.05) is 33.1 Å². The fraction of sp³-hybridized carbons (Fsp3) is 1.00. The molecule has 0 aliphatic rings. The molecule has 0 aliphatic heterocycles. The average Bonchev–Trinajstić information content (AvgIpc) is 2.33. The van der Waals surface area contributed by atoms with Crippen molar-refractivity contribution in [3.63, 3.8) is 0 Å². The summed E-state index contributed by atoms with van der Waals surface area (Å²) in [4.78, 5) is 8.91. The minimum absolute atomic E-state index is 0.146. The molecule has 0 heterocycles. The Morgan fingerprint density at radius 3 is 2.25 bits per heavy atom. The molecule has 0 saturated heterocycles. The van der Waals surface area contributed by atoms with Crippen molar-refractivity contribution < 1.29 is 20.3 Å². The molecule has 0 bridgehead atoms. The third-order valence-electron chi connectivity index (χ3n) is 3.24. The van der Waals surface area contributed by atoms with Crippen LogP contribution in [-0.4, -0.2) is 22.2 Å². The maximum atomic E-state index is 8.78. The molecule has 0 saturated carbocycles. The van der Waals surface area contributed by atoms with E-state index in [2.05, 4.69) is 16.7 Å². The Balaban J connectivity index is 3.84. The first-order chi connectivity index (χ1) is 7.61. The fourth-order valence-electron chi connectivity index (χ4n) is 1.63. The predicted octanol–water partition coefficient (Wildman–Crippen LogP) is 3.86. The highest BCUT2D eigenvalue weighted by atomic mass is 17.1. The quantitative estimate of drug-likeness (QED) is 0.342. The van der Waals surface area contributed by atoms with Gasteiger partial charge in [-0.05, 0) is 32.6 Å². The van der Waals surface area contributed by atoms with Crippen LogP contribution in [0.1, 0.15) is 65.7 Å². The maximum absolute atomic E-state index is 8.78. The van der Waals surface area contributed by atoms with Crippen LogP contribution in [0, 0.1) is 0 Å². The molecule has 0 aromatic heterocycles. The summed E-state index contributed by atoms with van der Waals surface area (Å²) in [6, 6.07) is 0. The maximum Gasteiger partial charge on any atom is 0.100 e. The molecule has 2 N–H and O–H groups in total. The summed E-state index contributed by atoms with van der Waals surface area (Å²) in [6.07, 6.45) is 6.19. The van der Waals surface area contributed by atoms with E-state index >= 15 is 0 Å². The lowest BCUT2D eigenvalue weighted by Gasteiger charge is -2.25. The molecule has 0 amide bonds. The minimum atomic E-state index is -0.526. The third-order valence-corrected chi connectivity index (χ3v) is 3.24. The summed E-state index contributed by atoms with van der Waals surface area (Å²) in [5.41, 5.74) is -0.526. The molecule has 0 fully saturated rings. The molecule has 0 aliphatic carbocycles. The van der Waals surface area contributed by atoms with Crippen LogP contribution in [0.4, 0.5) is 0 Å². The minimum Gasteiger partial charge on any atom is -0.252 e. The normalized spacial score (nSPS) is 17.1. The highest BCUT2D eigenvalue weighted by Crippen LogP contribution is 2.23. The van der Waals surface area contributed by atoms with Crippen LogP contribution in [0.25, 0.3) is 0 Å². The lowest BCUT2D eigenvalue weighted by atomic mass is 9.94. The molecule has 0 aromatic rings. The molecule has 16 heavy (non-hydrogen) atoms. The zero-order valence-electron chi connectivity index (χ0n) is 10.7. The number of rotatable bonds is 10. The first-order valence-electron chi connectivity index (χ1n) is 6.24. The van der Waals surface area contributed by atoms with Gasteiger partial charge in [-0.15, -0.1) is 0 Å². The van der Waals surface area contributed by atoms with Crippen molar-refractivity contribution in [3.8, 4) is 0 Å². The first kappa shape index (κ1) is 15.8. The van der Waals surface area contributed by atoms with Crippen molar-refractivity contribution in [3.05, 3.63) is 0 Å². The lowest BCUT2D eigenvalue weighted by molar-refractivity contribution is -0.326. The topological polar surface area (TPSA) is 58.9 Å². The van der Waals surface area contributed by atoms with E-state index in [4.69, 9.17) is 10.5 Å². The van der Waals surface area contributed by atoms with E-state index in [1.807, 2.05) is 13.8 Å². The number of hydrogen-bond donors (Lipinski definition) is 2. The summed E-state index contributed by atoms with van der Waals surface area (Å²) in [6.45, 7) is 5.96. The van der Waals surface area contributed by atoms with Gasteiger partial charge < -0.3 is 0 Å². The highest BCUT2D eigenvalue weighted by molar-refractivity contribution is 4.73. The van der Waals surface area contributed by atoms with Gasteiger partial charge in [0.1, 0.15) is 5.60 Å². The van der Waals surface area contributed by atoms with Crippen molar-refractivity contribution >= 4 is 0 Å². The van der Waals surface area contributed by atoms with Gasteiger partial charge in [0, 0.05) is 0 Å². The molecular weight excluding hydrogens is 208 g/mol. The fourth-order valence-corrected chi connectivity index (χ4v) is 1.63. The number of hydrogen-bond acceptors (Lipinski definition) is 4. The van der Waals surface area contributed by atoms with Gasteiger partial charge in [-0.25, -0.2) is 9.78 Å². The zero-order chi connectivity index (χ0) is 12.4. The van der Waals surface area contributed by atoms with E-state index in [1.165, 1.54) is 0 Å². The molecule has 0 rings (SSSR count). The molecule has 4 nitrogen and oxygen atoms in total. The van der Waals surface area contributed by atoms with E-state index < -0.39 is 5.60 Å². The standard InChI is InChI=1S/C12H26O4/c1-4-6-7-8-11(15-13)9-10-12(3,5-2)16-14/h11,13-14H,4-10H2,1-3H3. The highest BCUT2D eigenvalue weighted by Gasteiger charge is 2.25. The number of unbranched alkanes of at least 4 members (excludes halogenated alkanes) is 2. The SMILES string of the molecule is CCCCCC(CCC(C)(CC)OO)OO. The average molecular weight is 234 g/mol. The summed E-state index contributed by atoms with van der Waals surface area (Å²) >= 11 is 0. The van der Waals surface area contributed by atoms with Crippen molar-refractivity contribution in [1.29, 1.82) is 0 Å². The predicted molar refractivity (Wildman–Crippen MR) is 63.3 cm³/mol. The van der Waals surface area contributed by atoms with E-state index in [-0.39, 0.29) is 6.10 Å². The third kappa shape index (κ3) is 6.43. The van der Waals surface area contributed by atoms with Crippen LogP contribution in [0.2, 0.25) is 0 Å². The van der Waals surface area contributed by atoms with Gasteiger partial charge in [0.2, 0.25) is 0 Å². The van der Waals surface area contributed by atoms with E-state index in [0.29, 0.717) is 12.8 Å². The Bertz CT molecular complexity index is 157. The van der Waals surface area contributed by atoms with Crippen LogP contribution >= 0.6 is 0 Å². The Kier molecular flexibility index (Phi) is 8.84. The van der Waals surface area contributed by atoms with Gasteiger partial charge >= 0.3 is 0 Å². The van der Waals surface area contributed by atoms with Gasteiger partial charge in [-0.3, -0.25) is 10.5 Å². The smallest absolute Gasteiger partial charge is 0.100 e. The van der Waals surface area contributed by atoms with Crippen LogP contribution in [0.3, 0.4) is 0 Å². The summed E-state index contributed by atoms with van der Waals surface area (Å²) in [7, 11) is 0. The molecule has 98 valence electrons. The zero-order valence-corrected chi connectivity index (χ0v) is 10.7. The van der Waals surface area contributed by atoms with E-state index in [0.717, 1.165) is 32.1 Å². The second-order valence-corrected chi connectivity index (χ2v) is 4.66. The Labute approximate surface area is 98.4 Å². The lowest BCUT2D eigenvalue weighted by Crippen LogP contribution is -2.28. The first-order valence-corrected chi connectivity index (χ1v) is 6.24. The van der Waals surface area contributed by atoms with Crippen molar-refractivity contribution in [2.75, 3.05) is 0 Å². The van der Waals surface area contributed by atoms with Crippen molar-refractivity contribution in [1.82, 2.24) is 0 Å². The Morgan fingerprint density at radius 1 is 1.12 bits per heavy atom. The van der Waals surface area contributed by atoms with Gasteiger partial charge in [-0.2, -0.15) is 0 Å². The Hall–Kier alpha value is -0.160.